The van der Waals surface area contributed by atoms with Gasteiger partial charge in [-0.2, -0.15) is 0 Å². The van der Waals surface area contributed by atoms with Crippen LogP contribution in [-0.4, -0.2) is 12.9 Å². The number of hydrogen-bond donors (Lipinski definition) is 0. The van der Waals surface area contributed by atoms with Crippen molar-refractivity contribution in [2.45, 2.75) is 33.3 Å². The first-order chi connectivity index (χ1) is 14.9. The summed E-state index contributed by atoms with van der Waals surface area (Å²) in [7, 11) is 1.63. The zero-order chi connectivity index (χ0) is 22.4. The van der Waals surface area contributed by atoms with Crippen LogP contribution in [-0.2, 0) is 13.0 Å². The molecular formula is C25H24BrClO3S. The molecule has 1 heterocycles. The third-order valence-electron chi connectivity index (χ3n) is 4.73. The lowest BCUT2D eigenvalue weighted by atomic mass is 10.1. The molecular weight excluding hydrogens is 496 g/mol. The molecule has 0 spiro atoms. The Bertz CT molecular complexity index is 1100. The predicted molar refractivity (Wildman–Crippen MR) is 133 cm³/mol. The van der Waals surface area contributed by atoms with Crippen LogP contribution in [0.5, 0.6) is 11.5 Å². The highest BCUT2D eigenvalue weighted by Crippen LogP contribution is 2.30. The molecule has 0 N–H and O–H groups in total. The number of halogens is 2. The molecule has 0 aliphatic rings. The van der Waals surface area contributed by atoms with E-state index in [-0.39, 0.29) is 5.78 Å². The fraction of sp³-hybridized carbons (Fsp3) is 0.240. The van der Waals surface area contributed by atoms with E-state index in [0.717, 1.165) is 50.4 Å². The van der Waals surface area contributed by atoms with Gasteiger partial charge in [-0.1, -0.05) is 37.1 Å². The van der Waals surface area contributed by atoms with Gasteiger partial charge in [0, 0.05) is 19.9 Å². The van der Waals surface area contributed by atoms with Crippen molar-refractivity contribution in [1.82, 2.24) is 0 Å². The topological polar surface area (TPSA) is 35.5 Å². The maximum absolute atomic E-state index is 12.6. The minimum atomic E-state index is -0.00143. The lowest BCUT2D eigenvalue weighted by Crippen LogP contribution is -2.00. The van der Waals surface area contributed by atoms with Crippen molar-refractivity contribution in [3.63, 3.8) is 0 Å². The summed E-state index contributed by atoms with van der Waals surface area (Å²) >= 11 is 11.1. The SMILES string of the molecule is CCCc1sc(C(=O)/C=C/c2ccc(OC)c(COc3ccc(Cl)cc3C)c2)cc1Br. The first-order valence-corrected chi connectivity index (χ1v) is 12.0. The van der Waals surface area contributed by atoms with E-state index in [1.54, 1.807) is 30.6 Å². The van der Waals surface area contributed by atoms with Crippen molar-refractivity contribution >= 4 is 50.7 Å². The monoisotopic (exact) mass is 518 g/mol. The summed E-state index contributed by atoms with van der Waals surface area (Å²) in [5.41, 5.74) is 2.78. The smallest absolute Gasteiger partial charge is 0.195 e. The number of allylic oxidation sites excluding steroid dienone is 1. The van der Waals surface area contributed by atoms with Crippen LogP contribution in [0.25, 0.3) is 6.08 Å². The molecule has 0 atom stereocenters. The molecule has 31 heavy (non-hydrogen) atoms. The van der Waals surface area contributed by atoms with E-state index in [2.05, 4.69) is 22.9 Å². The second-order valence-corrected chi connectivity index (χ2v) is 9.53. The number of ketones is 1. The molecule has 0 amide bonds. The molecule has 0 bridgehead atoms. The van der Waals surface area contributed by atoms with Crippen LogP contribution in [0.2, 0.25) is 5.02 Å². The van der Waals surface area contributed by atoms with E-state index in [1.165, 1.54) is 4.88 Å². The van der Waals surface area contributed by atoms with E-state index >= 15 is 0 Å². The van der Waals surface area contributed by atoms with Crippen LogP contribution in [0.3, 0.4) is 0 Å². The number of aryl methyl sites for hydroxylation is 2. The minimum Gasteiger partial charge on any atom is -0.496 e. The molecule has 0 radical (unpaired) electrons. The lowest BCUT2D eigenvalue weighted by molar-refractivity contribution is 0.105. The number of ether oxygens (including phenoxy) is 2. The Hall–Kier alpha value is -2.08. The first kappa shape index (κ1) is 23.6. The van der Waals surface area contributed by atoms with Gasteiger partial charge in [-0.3, -0.25) is 4.79 Å². The fourth-order valence-electron chi connectivity index (χ4n) is 3.12. The van der Waals surface area contributed by atoms with E-state index in [1.807, 2.05) is 49.4 Å². The van der Waals surface area contributed by atoms with Crippen LogP contribution in [0, 0.1) is 6.92 Å². The summed E-state index contributed by atoms with van der Waals surface area (Å²) in [6, 6.07) is 13.2. The standard InChI is InChI=1S/C25H24BrClO3S/c1-4-5-24-20(26)14-25(31-24)21(28)9-6-17-7-10-23(29-3)18(13-17)15-30-22-11-8-19(27)12-16(22)2/h6-14H,4-5,15H2,1-3H3/b9-6+. The van der Waals surface area contributed by atoms with Crippen LogP contribution in [0.1, 0.15) is 44.6 Å². The Morgan fingerprint density at radius 3 is 2.65 bits per heavy atom. The number of methoxy groups -OCH3 is 1. The molecule has 0 fully saturated rings. The number of rotatable bonds is 9. The normalized spacial score (nSPS) is 11.1. The molecule has 6 heteroatoms. The Morgan fingerprint density at radius 2 is 1.94 bits per heavy atom. The highest BCUT2D eigenvalue weighted by molar-refractivity contribution is 9.10. The molecule has 3 aromatic rings. The third kappa shape index (κ3) is 6.22. The Labute approximate surface area is 200 Å². The fourth-order valence-corrected chi connectivity index (χ4v) is 5.25. The van der Waals surface area contributed by atoms with Gasteiger partial charge in [-0.25, -0.2) is 0 Å². The van der Waals surface area contributed by atoms with E-state index in [9.17, 15) is 4.79 Å². The van der Waals surface area contributed by atoms with Crippen molar-refractivity contribution in [1.29, 1.82) is 0 Å². The van der Waals surface area contributed by atoms with Crippen LogP contribution >= 0.6 is 38.9 Å². The minimum absolute atomic E-state index is 0.00143. The molecule has 1 aromatic heterocycles. The Balaban J connectivity index is 1.74. The third-order valence-corrected chi connectivity index (χ3v) is 7.14. The van der Waals surface area contributed by atoms with Crippen LogP contribution in [0.15, 0.2) is 53.0 Å². The van der Waals surface area contributed by atoms with Gasteiger partial charge in [0.1, 0.15) is 18.1 Å². The molecule has 3 rings (SSSR count). The number of benzene rings is 2. The van der Waals surface area contributed by atoms with Gasteiger partial charge in [0.15, 0.2) is 5.78 Å². The Kier molecular flexibility index (Phi) is 8.35. The van der Waals surface area contributed by atoms with Gasteiger partial charge in [0.2, 0.25) is 0 Å². The summed E-state index contributed by atoms with van der Waals surface area (Å²) in [5, 5.41) is 0.679. The molecule has 0 unspecified atom stereocenters. The summed E-state index contributed by atoms with van der Waals surface area (Å²) in [5.74, 6) is 1.51. The summed E-state index contributed by atoms with van der Waals surface area (Å²) < 4.78 is 12.5. The van der Waals surface area contributed by atoms with Crippen molar-refractivity contribution in [3.8, 4) is 11.5 Å². The molecule has 0 saturated carbocycles. The highest BCUT2D eigenvalue weighted by Gasteiger charge is 2.11. The molecule has 2 aromatic carbocycles. The van der Waals surface area contributed by atoms with Crippen molar-refractivity contribution < 1.29 is 14.3 Å². The number of thiophene rings is 1. The number of carbonyl (C=O) groups is 1. The van der Waals surface area contributed by atoms with E-state index in [0.29, 0.717) is 11.6 Å². The largest absolute Gasteiger partial charge is 0.496 e. The zero-order valence-electron chi connectivity index (χ0n) is 17.7. The second kappa shape index (κ2) is 11.0. The quantitative estimate of drug-likeness (QED) is 0.213. The highest BCUT2D eigenvalue weighted by atomic mass is 79.9. The number of carbonyl (C=O) groups excluding carboxylic acids is 1. The maximum Gasteiger partial charge on any atom is 0.195 e. The van der Waals surface area contributed by atoms with Gasteiger partial charge >= 0.3 is 0 Å². The van der Waals surface area contributed by atoms with Gasteiger partial charge in [0.25, 0.3) is 0 Å². The molecule has 0 saturated heterocycles. The van der Waals surface area contributed by atoms with Crippen LogP contribution in [0.4, 0.5) is 0 Å². The molecule has 0 aliphatic heterocycles. The molecule has 3 nitrogen and oxygen atoms in total. The average molecular weight is 520 g/mol. The predicted octanol–water partition coefficient (Wildman–Crippen LogP) is 7.91. The van der Waals surface area contributed by atoms with E-state index in [4.69, 9.17) is 21.1 Å². The Morgan fingerprint density at radius 1 is 1.16 bits per heavy atom. The zero-order valence-corrected chi connectivity index (χ0v) is 20.9. The van der Waals surface area contributed by atoms with Crippen LogP contribution < -0.4 is 9.47 Å². The first-order valence-electron chi connectivity index (χ1n) is 9.97. The summed E-state index contributed by atoms with van der Waals surface area (Å²) in [6.45, 7) is 4.43. The second-order valence-electron chi connectivity index (χ2n) is 7.10. The van der Waals surface area contributed by atoms with Crippen molar-refractivity contribution in [3.05, 3.63) is 84.5 Å². The molecule has 162 valence electrons. The summed E-state index contributed by atoms with van der Waals surface area (Å²) in [6.07, 6.45) is 5.46. The van der Waals surface area contributed by atoms with Crippen molar-refractivity contribution in [2.75, 3.05) is 7.11 Å². The lowest BCUT2D eigenvalue weighted by Gasteiger charge is -2.13. The van der Waals surface area contributed by atoms with E-state index < -0.39 is 0 Å². The van der Waals surface area contributed by atoms with Gasteiger partial charge in [-0.05, 0) is 82.9 Å². The van der Waals surface area contributed by atoms with Gasteiger partial charge < -0.3 is 9.47 Å². The summed E-state index contributed by atoms with van der Waals surface area (Å²) in [4.78, 5) is 14.6. The maximum atomic E-state index is 12.6. The average Bonchev–Trinajstić information content (AvgIpc) is 3.12. The number of hydrogen-bond acceptors (Lipinski definition) is 4. The molecule has 0 aliphatic carbocycles. The van der Waals surface area contributed by atoms with Gasteiger partial charge in [-0.15, -0.1) is 11.3 Å². The van der Waals surface area contributed by atoms with Gasteiger partial charge in [0.05, 0.1) is 12.0 Å². The van der Waals surface area contributed by atoms with Crippen molar-refractivity contribution in [2.24, 2.45) is 0 Å².